The molecule has 0 unspecified atom stereocenters. The van der Waals surface area contributed by atoms with Crippen LogP contribution < -0.4 is 5.43 Å². The molecule has 0 bridgehead atoms. The topological polar surface area (TPSA) is 74.2 Å². The molecule has 1 aromatic heterocycles. The van der Waals surface area contributed by atoms with Crippen molar-refractivity contribution in [3.05, 3.63) is 47.0 Å². The third kappa shape index (κ3) is 3.69. The monoisotopic (exact) mass is 282 g/mol. The Morgan fingerprint density at radius 1 is 1.38 bits per heavy atom. The third-order valence-corrected chi connectivity index (χ3v) is 2.80. The van der Waals surface area contributed by atoms with Gasteiger partial charge in [0.15, 0.2) is 0 Å². The number of aromatic nitrogens is 1. The lowest BCUT2D eigenvalue weighted by Crippen LogP contribution is -2.11. The number of hydrogen-bond donors (Lipinski definition) is 1. The van der Waals surface area contributed by atoms with Crippen LogP contribution in [0.4, 0.5) is 5.88 Å². The van der Waals surface area contributed by atoms with Gasteiger partial charge < -0.3 is 4.42 Å². The van der Waals surface area contributed by atoms with Gasteiger partial charge in [-0.05, 0) is 12.5 Å². The van der Waals surface area contributed by atoms with Gasteiger partial charge in [-0.3, -0.25) is 0 Å². The number of oxazole rings is 1. The van der Waals surface area contributed by atoms with Gasteiger partial charge in [-0.1, -0.05) is 50.6 Å². The molecule has 0 radical (unpaired) electrons. The number of hydrogen-bond acceptors (Lipinski definition) is 5. The second-order valence-corrected chi connectivity index (χ2v) is 5.84. The highest BCUT2D eigenvalue weighted by Gasteiger charge is 2.23. The van der Waals surface area contributed by atoms with Gasteiger partial charge in [0.05, 0.1) is 6.21 Å². The van der Waals surface area contributed by atoms with E-state index < -0.39 is 0 Å². The lowest BCUT2D eigenvalue weighted by Gasteiger charge is -2.11. The highest BCUT2D eigenvalue weighted by Crippen LogP contribution is 2.26. The maximum absolute atomic E-state index is 9.09. The highest BCUT2D eigenvalue weighted by molar-refractivity contribution is 5.80. The number of hydrazone groups is 1. The van der Waals surface area contributed by atoms with Gasteiger partial charge in [-0.2, -0.15) is 15.3 Å². The van der Waals surface area contributed by atoms with Crippen LogP contribution in [0.2, 0.25) is 0 Å². The molecule has 5 nitrogen and oxygen atoms in total. The summed E-state index contributed by atoms with van der Waals surface area (Å²) in [7, 11) is 0. The Kier molecular flexibility index (Phi) is 4.08. The molecule has 108 valence electrons. The van der Waals surface area contributed by atoms with Crippen LogP contribution in [0.3, 0.4) is 0 Å². The van der Waals surface area contributed by atoms with E-state index in [1.54, 1.807) is 6.21 Å². The fourth-order valence-electron chi connectivity index (χ4n) is 1.71. The van der Waals surface area contributed by atoms with E-state index in [4.69, 9.17) is 9.68 Å². The van der Waals surface area contributed by atoms with Crippen molar-refractivity contribution in [1.82, 2.24) is 4.98 Å². The number of benzene rings is 1. The summed E-state index contributed by atoms with van der Waals surface area (Å²) in [6.07, 6.45) is 1.67. The average molecular weight is 282 g/mol. The molecule has 0 atom stereocenters. The number of aryl methyl sites for hydroxylation is 1. The number of nitriles is 1. The van der Waals surface area contributed by atoms with Gasteiger partial charge in [-0.15, -0.1) is 0 Å². The minimum absolute atomic E-state index is 0.210. The van der Waals surface area contributed by atoms with Crippen LogP contribution in [0.1, 0.15) is 43.5 Å². The summed E-state index contributed by atoms with van der Waals surface area (Å²) in [4.78, 5) is 4.18. The first-order valence-corrected chi connectivity index (χ1v) is 6.67. The van der Waals surface area contributed by atoms with Crippen molar-refractivity contribution in [3.63, 3.8) is 0 Å². The molecule has 2 aromatic rings. The standard InChI is InChI=1S/C16H18N4O/c1-11-6-5-7-12(8-11)10-18-20-14-13(9-17)19-15(21-14)16(2,3)4/h5-8,10,20H,1-4H3. The van der Waals surface area contributed by atoms with Gasteiger partial charge in [-0.25, -0.2) is 5.43 Å². The van der Waals surface area contributed by atoms with Gasteiger partial charge in [0, 0.05) is 5.41 Å². The van der Waals surface area contributed by atoms with Crippen molar-refractivity contribution in [2.24, 2.45) is 5.10 Å². The fourth-order valence-corrected chi connectivity index (χ4v) is 1.71. The normalized spacial score (nSPS) is 11.6. The molecule has 5 heteroatoms. The van der Waals surface area contributed by atoms with Crippen LogP contribution >= 0.6 is 0 Å². The van der Waals surface area contributed by atoms with Crippen molar-refractivity contribution in [1.29, 1.82) is 5.26 Å². The summed E-state index contributed by atoms with van der Waals surface area (Å²) >= 11 is 0. The number of nitrogens with one attached hydrogen (secondary N) is 1. The molecule has 0 amide bonds. The summed E-state index contributed by atoms with van der Waals surface area (Å²) in [5, 5.41) is 13.2. The molecule has 0 aliphatic heterocycles. The largest absolute Gasteiger partial charge is 0.421 e. The summed E-state index contributed by atoms with van der Waals surface area (Å²) in [6, 6.07) is 9.94. The van der Waals surface area contributed by atoms with Crippen LogP contribution in [0.25, 0.3) is 0 Å². The van der Waals surface area contributed by atoms with E-state index in [-0.39, 0.29) is 17.0 Å². The zero-order valence-electron chi connectivity index (χ0n) is 12.6. The molecule has 0 saturated carbocycles. The summed E-state index contributed by atoms with van der Waals surface area (Å²) < 4.78 is 5.57. The first kappa shape index (κ1) is 14.8. The van der Waals surface area contributed by atoms with Gasteiger partial charge in [0.2, 0.25) is 11.6 Å². The van der Waals surface area contributed by atoms with Crippen LogP contribution in [0.15, 0.2) is 33.8 Å². The molecular weight excluding hydrogens is 264 g/mol. The first-order chi connectivity index (χ1) is 9.90. The molecule has 1 aromatic carbocycles. The van der Waals surface area contributed by atoms with E-state index in [9.17, 15) is 0 Å². The van der Waals surface area contributed by atoms with Crippen molar-refractivity contribution < 1.29 is 4.42 Å². The number of rotatable bonds is 3. The Balaban J connectivity index is 2.17. The molecule has 0 fully saturated rings. The van der Waals surface area contributed by atoms with Crippen molar-refractivity contribution in [2.75, 3.05) is 5.43 Å². The molecule has 0 saturated heterocycles. The molecule has 21 heavy (non-hydrogen) atoms. The molecule has 0 spiro atoms. The van der Waals surface area contributed by atoms with Crippen molar-refractivity contribution >= 4 is 12.1 Å². The smallest absolute Gasteiger partial charge is 0.252 e. The maximum Gasteiger partial charge on any atom is 0.252 e. The Morgan fingerprint density at radius 3 is 2.76 bits per heavy atom. The van der Waals surface area contributed by atoms with E-state index in [0.29, 0.717) is 5.89 Å². The molecule has 1 heterocycles. The summed E-state index contributed by atoms with van der Waals surface area (Å²) in [6.45, 7) is 7.93. The van der Waals surface area contributed by atoms with Crippen molar-refractivity contribution in [3.8, 4) is 6.07 Å². The molecule has 2 rings (SSSR count). The van der Waals surface area contributed by atoms with E-state index in [2.05, 4.69) is 15.5 Å². The second-order valence-electron chi connectivity index (χ2n) is 5.84. The van der Waals surface area contributed by atoms with E-state index in [0.717, 1.165) is 11.1 Å². The van der Waals surface area contributed by atoms with Crippen LogP contribution in [-0.2, 0) is 5.41 Å². The van der Waals surface area contributed by atoms with Crippen LogP contribution in [0.5, 0.6) is 0 Å². The number of nitrogens with zero attached hydrogens (tertiary/aromatic N) is 3. The Bertz CT molecular complexity index is 702. The minimum Gasteiger partial charge on any atom is -0.421 e. The van der Waals surface area contributed by atoms with Crippen molar-refractivity contribution in [2.45, 2.75) is 33.1 Å². The summed E-state index contributed by atoms with van der Waals surface area (Å²) in [5.41, 5.74) is 4.82. The Hall–Kier alpha value is -2.61. The molecule has 1 N–H and O–H groups in total. The van der Waals surface area contributed by atoms with Crippen LogP contribution in [-0.4, -0.2) is 11.2 Å². The van der Waals surface area contributed by atoms with E-state index in [1.165, 1.54) is 0 Å². The summed E-state index contributed by atoms with van der Waals surface area (Å²) in [5.74, 6) is 0.777. The SMILES string of the molecule is Cc1cccc(C=NNc2oc(C(C)(C)C)nc2C#N)c1. The predicted molar refractivity (Wildman–Crippen MR) is 82.3 cm³/mol. The van der Waals surface area contributed by atoms with E-state index in [1.807, 2.05) is 58.0 Å². The van der Waals surface area contributed by atoms with Gasteiger partial charge in [0.1, 0.15) is 6.07 Å². The maximum atomic E-state index is 9.09. The fraction of sp³-hybridized carbons (Fsp3) is 0.312. The second kappa shape index (κ2) is 5.80. The quantitative estimate of drug-likeness (QED) is 0.689. The lowest BCUT2D eigenvalue weighted by molar-refractivity contribution is 0.399. The number of anilines is 1. The van der Waals surface area contributed by atoms with Gasteiger partial charge in [0.25, 0.3) is 5.88 Å². The average Bonchev–Trinajstić information content (AvgIpc) is 2.82. The lowest BCUT2D eigenvalue weighted by atomic mass is 9.97. The first-order valence-electron chi connectivity index (χ1n) is 6.67. The predicted octanol–water partition coefficient (Wildman–Crippen LogP) is 3.60. The highest BCUT2D eigenvalue weighted by atomic mass is 16.4. The van der Waals surface area contributed by atoms with E-state index >= 15 is 0 Å². The minimum atomic E-state index is -0.258. The molecule has 0 aliphatic carbocycles. The molecule has 0 aliphatic rings. The molecular formula is C16H18N4O. The Morgan fingerprint density at radius 2 is 2.14 bits per heavy atom. The Labute approximate surface area is 124 Å². The third-order valence-electron chi connectivity index (χ3n) is 2.80. The zero-order valence-corrected chi connectivity index (χ0v) is 12.6. The van der Waals surface area contributed by atoms with Crippen LogP contribution in [0, 0.1) is 18.3 Å². The zero-order chi connectivity index (χ0) is 15.5. The van der Waals surface area contributed by atoms with Gasteiger partial charge >= 0.3 is 0 Å².